The Morgan fingerprint density at radius 1 is 1.26 bits per heavy atom. The van der Waals surface area contributed by atoms with Gasteiger partial charge >= 0.3 is 5.97 Å². The molecule has 0 spiro atoms. The number of thioether (sulfide) groups is 1. The predicted molar refractivity (Wildman–Crippen MR) is 111 cm³/mol. The topological polar surface area (TPSA) is 82.1 Å². The van der Waals surface area contributed by atoms with E-state index < -0.39 is 23.2 Å². The van der Waals surface area contributed by atoms with Crippen molar-refractivity contribution >= 4 is 57.5 Å². The van der Waals surface area contributed by atoms with Crippen molar-refractivity contribution < 1.29 is 28.6 Å². The number of ether oxygens (including phenoxy) is 3. The van der Waals surface area contributed by atoms with Crippen LogP contribution in [0.1, 0.15) is 26.3 Å². The second kappa shape index (κ2) is 9.45. The first-order valence-electron chi connectivity index (χ1n) is 8.28. The molecule has 27 heavy (non-hydrogen) atoms. The predicted octanol–water partition coefficient (Wildman–Crippen LogP) is 3.69. The molecular weight excluding hydrogens is 485 g/mol. The highest BCUT2D eigenvalue weighted by Gasteiger charge is 2.41. The van der Waals surface area contributed by atoms with E-state index in [1.54, 1.807) is 12.1 Å². The van der Waals surface area contributed by atoms with Crippen molar-refractivity contribution in [2.75, 3.05) is 20.3 Å². The molecule has 0 radical (unpaired) electrons. The zero-order valence-corrected chi connectivity index (χ0v) is 18.4. The summed E-state index contributed by atoms with van der Waals surface area (Å²) >= 11 is 2.92. The molecule has 1 aliphatic heterocycles. The molecule has 1 atom stereocenters. The maximum Gasteiger partial charge on any atom is 0.328 e. The summed E-state index contributed by atoms with van der Waals surface area (Å²) in [6.07, 6.45) is 1.61. The number of halogens is 1. The van der Waals surface area contributed by atoms with Crippen LogP contribution in [0.2, 0.25) is 0 Å². The number of benzene rings is 1. The summed E-state index contributed by atoms with van der Waals surface area (Å²) in [7, 11) is 1.21. The van der Waals surface area contributed by atoms with E-state index in [4.69, 9.17) is 9.47 Å². The van der Waals surface area contributed by atoms with Crippen LogP contribution in [0, 0.1) is 3.57 Å². The van der Waals surface area contributed by atoms with Crippen LogP contribution < -0.4 is 9.47 Å². The number of esters is 1. The Hall–Kier alpha value is -1.75. The van der Waals surface area contributed by atoms with Crippen molar-refractivity contribution in [1.29, 1.82) is 0 Å². The molecule has 0 saturated carbocycles. The lowest BCUT2D eigenvalue weighted by Gasteiger charge is -2.18. The van der Waals surface area contributed by atoms with Crippen LogP contribution in [-0.4, -0.2) is 48.4 Å². The smallest absolute Gasteiger partial charge is 0.328 e. The highest BCUT2D eigenvalue weighted by Crippen LogP contribution is 2.38. The molecule has 1 fully saturated rings. The largest absolute Gasteiger partial charge is 0.490 e. The fraction of sp³-hybridized carbons (Fsp3) is 0.389. The molecule has 1 aromatic rings. The number of carbonyl (C=O) groups is 3. The minimum absolute atomic E-state index is 0.234. The Labute approximate surface area is 175 Å². The highest BCUT2D eigenvalue weighted by atomic mass is 127. The van der Waals surface area contributed by atoms with Crippen molar-refractivity contribution in [2.24, 2.45) is 0 Å². The van der Waals surface area contributed by atoms with Crippen molar-refractivity contribution in [1.82, 2.24) is 4.90 Å². The van der Waals surface area contributed by atoms with Crippen LogP contribution in [-0.2, 0) is 14.3 Å². The van der Waals surface area contributed by atoms with E-state index in [-0.39, 0.29) is 4.91 Å². The molecule has 7 nitrogen and oxygen atoms in total. The van der Waals surface area contributed by atoms with Crippen LogP contribution >= 0.6 is 34.4 Å². The molecule has 1 aromatic carbocycles. The number of carbonyl (C=O) groups excluding carboxylic acids is 3. The van der Waals surface area contributed by atoms with Gasteiger partial charge in [0.15, 0.2) is 11.5 Å². The van der Waals surface area contributed by atoms with Gasteiger partial charge in [0.05, 0.1) is 28.8 Å². The van der Waals surface area contributed by atoms with Crippen LogP contribution in [0.3, 0.4) is 0 Å². The van der Waals surface area contributed by atoms with Gasteiger partial charge in [0.2, 0.25) is 0 Å². The van der Waals surface area contributed by atoms with Gasteiger partial charge in [-0.3, -0.25) is 14.5 Å². The summed E-state index contributed by atoms with van der Waals surface area (Å²) in [6, 6.07) is 2.62. The average molecular weight is 505 g/mol. The van der Waals surface area contributed by atoms with E-state index in [9.17, 15) is 14.4 Å². The zero-order chi connectivity index (χ0) is 20.1. The third-order valence-corrected chi connectivity index (χ3v) is 5.36. The van der Waals surface area contributed by atoms with Gasteiger partial charge in [-0.2, -0.15) is 0 Å². The number of nitrogens with zero attached hydrogens (tertiary/aromatic N) is 1. The van der Waals surface area contributed by atoms with Gasteiger partial charge in [0, 0.05) is 0 Å². The maximum atomic E-state index is 12.6. The van der Waals surface area contributed by atoms with Crippen LogP contribution in [0.15, 0.2) is 17.0 Å². The first-order valence-corrected chi connectivity index (χ1v) is 10.2. The minimum Gasteiger partial charge on any atom is -0.490 e. The summed E-state index contributed by atoms with van der Waals surface area (Å²) in [6.45, 7) is 6.18. The van der Waals surface area contributed by atoms with E-state index in [0.717, 1.165) is 20.2 Å². The molecule has 9 heteroatoms. The molecule has 0 aromatic heterocycles. The monoisotopic (exact) mass is 505 g/mol. The third kappa shape index (κ3) is 4.75. The maximum absolute atomic E-state index is 12.6. The van der Waals surface area contributed by atoms with Crippen LogP contribution in [0.25, 0.3) is 6.08 Å². The molecule has 2 rings (SSSR count). The number of amides is 2. The normalized spacial score (nSPS) is 16.6. The zero-order valence-electron chi connectivity index (χ0n) is 15.4. The van der Waals surface area contributed by atoms with Gasteiger partial charge in [-0.1, -0.05) is 0 Å². The quantitative estimate of drug-likeness (QED) is 0.318. The van der Waals surface area contributed by atoms with Crippen LogP contribution in [0.5, 0.6) is 11.5 Å². The first-order chi connectivity index (χ1) is 12.8. The van der Waals surface area contributed by atoms with Gasteiger partial charge in [-0.15, -0.1) is 0 Å². The van der Waals surface area contributed by atoms with Crippen LogP contribution in [0.4, 0.5) is 4.79 Å². The molecule has 1 unspecified atom stereocenters. The van der Waals surface area contributed by atoms with E-state index in [0.29, 0.717) is 30.3 Å². The molecule has 0 N–H and O–H groups in total. The summed E-state index contributed by atoms with van der Waals surface area (Å²) in [5.74, 6) is 0.0433. The molecular formula is C18H20INO6S. The van der Waals surface area contributed by atoms with Gasteiger partial charge in [0.25, 0.3) is 11.1 Å². The molecule has 1 heterocycles. The SMILES string of the molecule is CCOc1cc(/C=C2/SC(=O)N(C(C)C(=O)OC)C2=O)cc(I)c1OCC. The Balaban J connectivity index is 2.37. The Morgan fingerprint density at radius 3 is 2.52 bits per heavy atom. The second-order valence-electron chi connectivity index (χ2n) is 5.45. The van der Waals surface area contributed by atoms with Gasteiger partial charge in [-0.05, 0) is 78.9 Å². The van der Waals surface area contributed by atoms with E-state index >= 15 is 0 Å². The Kier molecular flexibility index (Phi) is 7.54. The summed E-state index contributed by atoms with van der Waals surface area (Å²) in [4.78, 5) is 37.6. The number of hydrogen-bond acceptors (Lipinski definition) is 7. The third-order valence-electron chi connectivity index (χ3n) is 3.67. The van der Waals surface area contributed by atoms with Gasteiger partial charge in [-0.25, -0.2) is 4.79 Å². The Morgan fingerprint density at radius 2 is 1.93 bits per heavy atom. The molecule has 0 aliphatic carbocycles. The van der Waals surface area contributed by atoms with Crippen molar-refractivity contribution in [3.05, 3.63) is 26.2 Å². The lowest BCUT2D eigenvalue weighted by atomic mass is 10.1. The second-order valence-corrected chi connectivity index (χ2v) is 7.60. The van der Waals surface area contributed by atoms with Gasteiger partial charge < -0.3 is 14.2 Å². The molecule has 1 saturated heterocycles. The molecule has 0 bridgehead atoms. The first kappa shape index (κ1) is 21.5. The highest BCUT2D eigenvalue weighted by molar-refractivity contribution is 14.1. The van der Waals surface area contributed by atoms with E-state index in [2.05, 4.69) is 27.3 Å². The van der Waals surface area contributed by atoms with Crippen molar-refractivity contribution in [2.45, 2.75) is 26.8 Å². The standard InChI is InChI=1S/C18H20INO6S/c1-5-25-13-8-11(7-12(19)15(13)26-6-2)9-14-16(21)20(18(23)27-14)10(3)17(22)24-4/h7-10H,5-6H2,1-4H3/b14-9+. The lowest BCUT2D eigenvalue weighted by Crippen LogP contribution is -2.42. The fourth-order valence-corrected chi connectivity index (χ4v) is 4.15. The number of methoxy groups -OCH3 is 1. The van der Waals surface area contributed by atoms with Crippen molar-refractivity contribution in [3.63, 3.8) is 0 Å². The molecule has 2 amide bonds. The minimum atomic E-state index is -0.979. The lowest BCUT2D eigenvalue weighted by molar-refractivity contribution is -0.148. The number of imide groups is 1. The fourth-order valence-electron chi connectivity index (χ4n) is 2.46. The molecule has 146 valence electrons. The van der Waals surface area contributed by atoms with Gasteiger partial charge in [0.1, 0.15) is 6.04 Å². The number of rotatable bonds is 7. The van der Waals surface area contributed by atoms with Crippen molar-refractivity contribution in [3.8, 4) is 11.5 Å². The Bertz CT molecular complexity index is 794. The van der Waals surface area contributed by atoms with E-state index in [1.165, 1.54) is 14.0 Å². The summed E-state index contributed by atoms with van der Waals surface area (Å²) in [5.41, 5.74) is 0.697. The summed E-state index contributed by atoms with van der Waals surface area (Å²) < 4.78 is 16.7. The number of hydrogen-bond donors (Lipinski definition) is 0. The molecule has 1 aliphatic rings. The van der Waals surface area contributed by atoms with E-state index in [1.807, 2.05) is 19.9 Å². The average Bonchev–Trinajstić information content (AvgIpc) is 2.90. The summed E-state index contributed by atoms with van der Waals surface area (Å²) in [5, 5.41) is -0.505.